The Morgan fingerprint density at radius 1 is 0.320 bits per heavy atom. The number of benzene rings is 5. The molecule has 0 heterocycles. The minimum atomic E-state index is 0.646. The molecular weight excluding hydrogens is 688 g/mol. The number of fused-ring (bicyclic) bond motifs is 10. The van der Waals surface area contributed by atoms with Gasteiger partial charge in [0.15, 0.2) is 0 Å². The normalized spacial score (nSPS) is 12.6. The van der Waals surface area contributed by atoms with E-state index < -0.39 is 0 Å². The molecule has 6 heteroatoms. The van der Waals surface area contributed by atoms with Crippen molar-refractivity contribution in [3.8, 4) is 28.7 Å². The predicted molar refractivity (Wildman–Crippen MR) is 206 cm³/mol. The molecule has 1 aliphatic carbocycles. The first kappa shape index (κ1) is 35.4. The standard InChI is InChI=1S/C44H47BrO5/c1-25-10-29-18-30-11-26(2)13-32(41(30)47-6)20-34-15-28(4)17-36(43(34)49-8)22-38-24-39(45)23-37(44(38)50-9)21-35-16-27(3)14-33(42(35)48-7)19-31(12-25)40(29)46-5/h10-17,23-24H,18-22H2,1-9H3. The maximum Gasteiger partial charge on any atom is 0.125 e. The molecule has 0 N–H and O–H groups in total. The molecule has 0 fully saturated rings. The van der Waals surface area contributed by atoms with Gasteiger partial charge in [-0.15, -0.1) is 0 Å². The lowest BCUT2D eigenvalue weighted by molar-refractivity contribution is 0.395. The number of ether oxygens (including phenoxy) is 5. The van der Waals surface area contributed by atoms with Gasteiger partial charge < -0.3 is 23.7 Å². The molecule has 5 aromatic rings. The number of hydrogen-bond donors (Lipinski definition) is 0. The van der Waals surface area contributed by atoms with Gasteiger partial charge in [0, 0.05) is 47.7 Å². The van der Waals surface area contributed by atoms with Crippen LogP contribution < -0.4 is 23.7 Å². The molecule has 0 saturated heterocycles. The topological polar surface area (TPSA) is 46.2 Å². The molecule has 0 aliphatic heterocycles. The first-order chi connectivity index (χ1) is 24.0. The summed E-state index contributed by atoms with van der Waals surface area (Å²) in [5, 5.41) is 0. The summed E-state index contributed by atoms with van der Waals surface area (Å²) >= 11 is 3.83. The lowest BCUT2D eigenvalue weighted by Gasteiger charge is -2.22. The van der Waals surface area contributed by atoms with Crippen molar-refractivity contribution in [2.75, 3.05) is 35.5 Å². The summed E-state index contributed by atoms with van der Waals surface area (Å²) in [7, 11) is 8.83. The predicted octanol–water partition coefficient (Wildman–Crippen LogP) is 9.99. The van der Waals surface area contributed by atoms with Crippen molar-refractivity contribution < 1.29 is 23.7 Å². The third-order valence-corrected chi connectivity index (χ3v) is 10.1. The van der Waals surface area contributed by atoms with Crippen molar-refractivity contribution in [3.05, 3.63) is 143 Å². The second kappa shape index (κ2) is 14.8. The van der Waals surface area contributed by atoms with Gasteiger partial charge in [-0.05, 0) is 84.3 Å². The monoisotopic (exact) mass is 734 g/mol. The van der Waals surface area contributed by atoms with Crippen LogP contribution in [0.25, 0.3) is 0 Å². The van der Waals surface area contributed by atoms with Crippen LogP contribution in [0.15, 0.2) is 65.1 Å². The molecule has 50 heavy (non-hydrogen) atoms. The zero-order valence-electron chi connectivity index (χ0n) is 30.7. The molecule has 0 amide bonds. The third-order valence-electron chi connectivity index (χ3n) is 9.68. The molecule has 0 atom stereocenters. The second-order valence-electron chi connectivity index (χ2n) is 13.6. The summed E-state index contributed by atoms with van der Waals surface area (Å²) in [6.45, 7) is 8.61. The molecule has 10 bridgehead atoms. The van der Waals surface area contributed by atoms with Crippen molar-refractivity contribution in [1.82, 2.24) is 0 Å². The molecule has 0 spiro atoms. The largest absolute Gasteiger partial charge is 0.496 e. The third kappa shape index (κ3) is 7.09. The SMILES string of the molecule is COc1c2cc(C)cc1Cc1cc(C)cc(c1OC)Cc1cc(Br)cc(c1OC)Cc1cc(C)cc(c1OC)Cc1cc(C)cc(c1OC)C2. The highest BCUT2D eigenvalue weighted by molar-refractivity contribution is 9.10. The van der Waals surface area contributed by atoms with Gasteiger partial charge in [0.05, 0.1) is 35.5 Å². The van der Waals surface area contributed by atoms with Gasteiger partial charge in [-0.25, -0.2) is 0 Å². The number of rotatable bonds is 5. The van der Waals surface area contributed by atoms with Crippen molar-refractivity contribution in [1.29, 1.82) is 0 Å². The van der Waals surface area contributed by atoms with Crippen molar-refractivity contribution in [3.63, 3.8) is 0 Å². The minimum Gasteiger partial charge on any atom is -0.496 e. The van der Waals surface area contributed by atoms with Gasteiger partial charge in [0.25, 0.3) is 0 Å². The zero-order valence-corrected chi connectivity index (χ0v) is 32.3. The number of hydrogen-bond acceptors (Lipinski definition) is 5. The fraction of sp³-hybridized carbons (Fsp3) is 0.318. The van der Waals surface area contributed by atoms with Crippen LogP contribution in [0.1, 0.15) is 77.9 Å². The summed E-state index contributed by atoms with van der Waals surface area (Å²) in [5.41, 5.74) is 15.8. The van der Waals surface area contributed by atoms with Crippen molar-refractivity contribution in [2.45, 2.75) is 59.8 Å². The Labute approximate surface area is 305 Å². The highest BCUT2D eigenvalue weighted by Gasteiger charge is 2.23. The molecule has 260 valence electrons. The summed E-state index contributed by atoms with van der Waals surface area (Å²) in [5.74, 6) is 4.42. The van der Waals surface area contributed by atoms with E-state index in [9.17, 15) is 0 Å². The first-order valence-corrected chi connectivity index (χ1v) is 17.9. The Kier molecular flexibility index (Phi) is 10.5. The lowest BCUT2D eigenvalue weighted by atomic mass is 9.89. The van der Waals surface area contributed by atoms with E-state index in [1.807, 2.05) is 0 Å². The molecule has 0 unspecified atom stereocenters. The van der Waals surface area contributed by atoms with Crippen LogP contribution in [0.5, 0.6) is 28.7 Å². The van der Waals surface area contributed by atoms with Crippen LogP contribution in [-0.4, -0.2) is 35.5 Å². The minimum absolute atomic E-state index is 0.646. The zero-order chi connectivity index (χ0) is 35.7. The van der Waals surface area contributed by atoms with Gasteiger partial charge in [-0.2, -0.15) is 0 Å². The van der Waals surface area contributed by atoms with E-state index >= 15 is 0 Å². The smallest absolute Gasteiger partial charge is 0.125 e. The molecule has 5 aromatic carbocycles. The fourth-order valence-corrected chi connectivity index (χ4v) is 8.63. The Bertz CT molecular complexity index is 1620. The number of methoxy groups -OCH3 is 5. The summed E-state index contributed by atoms with van der Waals surface area (Å²) in [4.78, 5) is 0. The van der Waals surface area contributed by atoms with Gasteiger partial charge in [0.2, 0.25) is 0 Å². The van der Waals surface area contributed by atoms with E-state index in [1.54, 1.807) is 35.5 Å². The van der Waals surface area contributed by atoms with Crippen molar-refractivity contribution in [2.24, 2.45) is 0 Å². The second-order valence-corrected chi connectivity index (χ2v) is 14.5. The Balaban J connectivity index is 1.66. The van der Waals surface area contributed by atoms with Crippen LogP contribution in [0.3, 0.4) is 0 Å². The van der Waals surface area contributed by atoms with Gasteiger partial charge in [-0.3, -0.25) is 0 Å². The Morgan fingerprint density at radius 3 is 0.640 bits per heavy atom. The van der Waals surface area contributed by atoms with Gasteiger partial charge in [-0.1, -0.05) is 86.7 Å². The molecular formula is C44H47BrO5. The average Bonchev–Trinajstić information content (AvgIpc) is 3.04. The highest BCUT2D eigenvalue weighted by atomic mass is 79.9. The van der Waals surface area contributed by atoms with E-state index in [0.717, 1.165) is 88.9 Å². The van der Waals surface area contributed by atoms with Crippen molar-refractivity contribution >= 4 is 15.9 Å². The van der Waals surface area contributed by atoms with Crippen LogP contribution in [-0.2, 0) is 32.1 Å². The van der Waals surface area contributed by atoms with E-state index in [4.69, 9.17) is 23.7 Å². The Morgan fingerprint density at radius 2 is 0.480 bits per heavy atom. The average molecular weight is 736 g/mol. The first-order valence-electron chi connectivity index (χ1n) is 17.1. The van der Waals surface area contributed by atoms with E-state index in [0.29, 0.717) is 32.1 Å². The van der Waals surface area contributed by atoms with Crippen LogP contribution in [0.2, 0.25) is 0 Å². The molecule has 1 aliphatic rings. The lowest BCUT2D eigenvalue weighted by Crippen LogP contribution is -2.07. The fourth-order valence-electron chi connectivity index (χ4n) is 8.08. The van der Waals surface area contributed by atoms with E-state index in [-0.39, 0.29) is 0 Å². The van der Waals surface area contributed by atoms with Gasteiger partial charge in [0.1, 0.15) is 28.7 Å². The van der Waals surface area contributed by atoms with Gasteiger partial charge >= 0.3 is 0 Å². The summed E-state index contributed by atoms with van der Waals surface area (Å²) in [6.07, 6.45) is 3.30. The van der Waals surface area contributed by atoms with E-state index in [2.05, 4.69) is 104 Å². The molecule has 0 aromatic heterocycles. The quantitative estimate of drug-likeness (QED) is 0.177. The molecule has 0 saturated carbocycles. The highest BCUT2D eigenvalue weighted by Crippen LogP contribution is 2.41. The summed E-state index contributed by atoms with van der Waals surface area (Å²) in [6, 6.07) is 22.2. The Hall–Kier alpha value is -4.42. The van der Waals surface area contributed by atoms with Crippen LogP contribution in [0.4, 0.5) is 0 Å². The summed E-state index contributed by atoms with van der Waals surface area (Å²) < 4.78 is 32.1. The maximum absolute atomic E-state index is 6.22. The molecule has 6 rings (SSSR count). The molecule has 0 radical (unpaired) electrons. The van der Waals surface area contributed by atoms with E-state index in [1.165, 1.54) is 22.3 Å². The number of aryl methyl sites for hydroxylation is 4. The number of halogens is 1. The van der Waals surface area contributed by atoms with Crippen LogP contribution >= 0.6 is 15.9 Å². The van der Waals surface area contributed by atoms with Crippen LogP contribution in [0, 0.1) is 27.7 Å². The maximum atomic E-state index is 6.22. The molecule has 5 nitrogen and oxygen atoms in total.